The standard InChI is InChI=1S/C15H16N2O3S/c1-10(2)21(19,20)12-7-5-11(6-8-12)13-4-3-9-17-14(13)15(16)18/h3-10H,1-2H3,(H2,16,18). The SMILES string of the molecule is CC(C)S(=O)(=O)c1ccc(-c2cccnc2C(N)=O)cc1. The third-order valence-electron chi connectivity index (χ3n) is 3.16. The number of primary amides is 1. The number of hydrogen-bond acceptors (Lipinski definition) is 4. The number of aromatic nitrogens is 1. The first-order valence-corrected chi connectivity index (χ1v) is 7.98. The van der Waals surface area contributed by atoms with E-state index in [4.69, 9.17) is 5.73 Å². The maximum absolute atomic E-state index is 12.1. The monoisotopic (exact) mass is 304 g/mol. The van der Waals surface area contributed by atoms with E-state index < -0.39 is 21.0 Å². The van der Waals surface area contributed by atoms with Gasteiger partial charge in [0.1, 0.15) is 5.69 Å². The minimum absolute atomic E-state index is 0.164. The Hall–Kier alpha value is -2.21. The van der Waals surface area contributed by atoms with Crippen LogP contribution in [0.3, 0.4) is 0 Å². The van der Waals surface area contributed by atoms with Gasteiger partial charge in [-0.05, 0) is 37.6 Å². The van der Waals surface area contributed by atoms with Crippen LogP contribution >= 0.6 is 0 Å². The van der Waals surface area contributed by atoms with Gasteiger partial charge in [0.25, 0.3) is 5.91 Å². The highest BCUT2D eigenvalue weighted by atomic mass is 32.2. The van der Waals surface area contributed by atoms with E-state index in [9.17, 15) is 13.2 Å². The van der Waals surface area contributed by atoms with Crippen LogP contribution in [0.2, 0.25) is 0 Å². The highest BCUT2D eigenvalue weighted by Crippen LogP contribution is 2.24. The molecule has 1 heterocycles. The molecule has 6 heteroatoms. The fourth-order valence-electron chi connectivity index (χ4n) is 1.93. The zero-order valence-corrected chi connectivity index (χ0v) is 12.6. The van der Waals surface area contributed by atoms with E-state index in [1.54, 1.807) is 38.1 Å². The second-order valence-corrected chi connectivity index (χ2v) is 7.39. The van der Waals surface area contributed by atoms with Gasteiger partial charge in [-0.2, -0.15) is 0 Å². The first-order valence-electron chi connectivity index (χ1n) is 6.43. The van der Waals surface area contributed by atoms with E-state index in [0.29, 0.717) is 11.1 Å². The van der Waals surface area contributed by atoms with Crippen molar-refractivity contribution in [3.8, 4) is 11.1 Å². The number of carbonyl (C=O) groups excluding carboxylic acids is 1. The maximum atomic E-state index is 12.1. The van der Waals surface area contributed by atoms with Gasteiger partial charge in [0.2, 0.25) is 0 Å². The first-order chi connectivity index (χ1) is 9.84. The van der Waals surface area contributed by atoms with Crippen molar-refractivity contribution >= 4 is 15.7 Å². The number of sulfone groups is 1. The number of carbonyl (C=O) groups is 1. The van der Waals surface area contributed by atoms with Crippen molar-refractivity contribution in [1.82, 2.24) is 4.98 Å². The predicted octanol–water partition coefficient (Wildman–Crippen LogP) is 2.03. The van der Waals surface area contributed by atoms with Crippen LogP contribution in [0.15, 0.2) is 47.5 Å². The van der Waals surface area contributed by atoms with E-state index in [2.05, 4.69) is 4.98 Å². The topological polar surface area (TPSA) is 90.1 Å². The fourth-order valence-corrected chi connectivity index (χ4v) is 2.99. The highest BCUT2D eigenvalue weighted by Gasteiger charge is 2.19. The van der Waals surface area contributed by atoms with Gasteiger partial charge < -0.3 is 5.73 Å². The summed E-state index contributed by atoms with van der Waals surface area (Å²) in [6.07, 6.45) is 1.49. The largest absolute Gasteiger partial charge is 0.364 e. The second-order valence-electron chi connectivity index (χ2n) is 4.88. The molecule has 0 aliphatic heterocycles. The van der Waals surface area contributed by atoms with Crippen molar-refractivity contribution in [3.63, 3.8) is 0 Å². The summed E-state index contributed by atoms with van der Waals surface area (Å²) in [6, 6.07) is 9.78. The third kappa shape index (κ3) is 2.95. The lowest BCUT2D eigenvalue weighted by molar-refractivity contribution is 0.0996. The Balaban J connectivity index is 2.48. The summed E-state index contributed by atoms with van der Waals surface area (Å²) in [5, 5.41) is -0.483. The van der Waals surface area contributed by atoms with Crippen LogP contribution in [0.5, 0.6) is 0 Å². The summed E-state index contributed by atoms with van der Waals surface area (Å²) in [5.41, 5.74) is 6.73. The molecule has 1 aromatic carbocycles. The molecular formula is C15H16N2O3S. The molecule has 0 atom stereocenters. The molecular weight excluding hydrogens is 288 g/mol. The van der Waals surface area contributed by atoms with E-state index in [1.165, 1.54) is 18.3 Å². The quantitative estimate of drug-likeness (QED) is 0.935. The number of benzene rings is 1. The minimum Gasteiger partial charge on any atom is -0.364 e. The summed E-state index contributed by atoms with van der Waals surface area (Å²) >= 11 is 0. The third-order valence-corrected chi connectivity index (χ3v) is 5.33. The molecule has 5 nitrogen and oxygen atoms in total. The number of amides is 1. The van der Waals surface area contributed by atoms with Crippen molar-refractivity contribution < 1.29 is 13.2 Å². The van der Waals surface area contributed by atoms with Gasteiger partial charge in [-0.1, -0.05) is 18.2 Å². The number of hydrogen-bond donors (Lipinski definition) is 1. The van der Waals surface area contributed by atoms with Crippen LogP contribution < -0.4 is 5.73 Å². The van der Waals surface area contributed by atoms with Gasteiger partial charge in [0.05, 0.1) is 10.1 Å². The van der Waals surface area contributed by atoms with Crippen LogP contribution in [0.25, 0.3) is 11.1 Å². The summed E-state index contributed by atoms with van der Waals surface area (Å²) in [7, 11) is -3.31. The Kier molecular flexibility index (Phi) is 4.09. The van der Waals surface area contributed by atoms with Gasteiger partial charge in [-0.25, -0.2) is 8.42 Å². The molecule has 21 heavy (non-hydrogen) atoms. The van der Waals surface area contributed by atoms with Gasteiger partial charge >= 0.3 is 0 Å². The van der Waals surface area contributed by atoms with Gasteiger partial charge in [0.15, 0.2) is 9.84 Å². The maximum Gasteiger partial charge on any atom is 0.267 e. The van der Waals surface area contributed by atoms with Crippen LogP contribution in [0.1, 0.15) is 24.3 Å². The van der Waals surface area contributed by atoms with E-state index in [0.717, 1.165) is 0 Å². The summed E-state index contributed by atoms with van der Waals surface area (Å²) in [6.45, 7) is 3.27. The Bertz CT molecular complexity index is 766. The molecule has 0 radical (unpaired) electrons. The molecule has 0 spiro atoms. The van der Waals surface area contributed by atoms with Crippen LogP contribution in [0, 0.1) is 0 Å². The van der Waals surface area contributed by atoms with E-state index >= 15 is 0 Å². The van der Waals surface area contributed by atoms with Crippen molar-refractivity contribution in [2.75, 3.05) is 0 Å². The summed E-state index contributed by atoms with van der Waals surface area (Å²) in [4.78, 5) is 15.6. The summed E-state index contributed by atoms with van der Waals surface area (Å²) in [5.74, 6) is -0.621. The van der Waals surface area contributed by atoms with Gasteiger partial charge in [-0.15, -0.1) is 0 Å². The second kappa shape index (κ2) is 5.65. The predicted molar refractivity (Wildman–Crippen MR) is 80.5 cm³/mol. The molecule has 110 valence electrons. The van der Waals surface area contributed by atoms with Gasteiger partial charge in [-0.3, -0.25) is 9.78 Å². The van der Waals surface area contributed by atoms with Crippen LogP contribution in [0.4, 0.5) is 0 Å². The number of rotatable bonds is 4. The fraction of sp³-hybridized carbons (Fsp3) is 0.200. The zero-order valence-electron chi connectivity index (χ0n) is 11.8. The molecule has 1 amide bonds. The minimum atomic E-state index is -3.31. The average Bonchev–Trinajstić information content (AvgIpc) is 2.47. The molecule has 0 bridgehead atoms. The first kappa shape index (κ1) is 15.2. The Morgan fingerprint density at radius 3 is 2.29 bits per heavy atom. The van der Waals surface area contributed by atoms with Crippen LogP contribution in [-0.2, 0) is 9.84 Å². The lowest BCUT2D eigenvalue weighted by Crippen LogP contribution is -2.15. The normalized spacial score (nSPS) is 11.6. The smallest absolute Gasteiger partial charge is 0.267 e. The summed E-state index contributed by atoms with van der Waals surface area (Å²) < 4.78 is 24.1. The Morgan fingerprint density at radius 2 is 1.76 bits per heavy atom. The molecule has 2 N–H and O–H groups in total. The lowest BCUT2D eigenvalue weighted by atomic mass is 10.0. The average molecular weight is 304 g/mol. The highest BCUT2D eigenvalue weighted by molar-refractivity contribution is 7.92. The molecule has 0 aliphatic carbocycles. The van der Waals surface area contributed by atoms with Crippen molar-refractivity contribution in [3.05, 3.63) is 48.3 Å². The lowest BCUT2D eigenvalue weighted by Gasteiger charge is -2.09. The van der Waals surface area contributed by atoms with Gasteiger partial charge in [0, 0.05) is 11.8 Å². The zero-order chi connectivity index (χ0) is 15.6. The van der Waals surface area contributed by atoms with E-state index in [-0.39, 0.29) is 10.6 Å². The molecule has 0 saturated carbocycles. The van der Waals surface area contributed by atoms with Crippen molar-refractivity contribution in [2.24, 2.45) is 5.73 Å². The Morgan fingerprint density at radius 1 is 1.14 bits per heavy atom. The molecule has 2 rings (SSSR count). The number of pyridine rings is 1. The van der Waals surface area contributed by atoms with Crippen molar-refractivity contribution in [2.45, 2.75) is 24.0 Å². The number of nitrogens with two attached hydrogens (primary N) is 1. The van der Waals surface area contributed by atoms with Crippen molar-refractivity contribution in [1.29, 1.82) is 0 Å². The van der Waals surface area contributed by atoms with E-state index in [1.807, 2.05) is 0 Å². The number of nitrogens with zero attached hydrogens (tertiary/aromatic N) is 1. The molecule has 1 aromatic heterocycles. The molecule has 0 saturated heterocycles. The van der Waals surface area contributed by atoms with Crippen LogP contribution in [-0.4, -0.2) is 24.6 Å². The molecule has 0 unspecified atom stereocenters. The molecule has 2 aromatic rings. The molecule has 0 fully saturated rings. The Labute approximate surface area is 123 Å². The molecule has 0 aliphatic rings.